The quantitative estimate of drug-likeness (QED) is 0.931. The van der Waals surface area contributed by atoms with Crippen LogP contribution in [0.1, 0.15) is 5.56 Å². The molecule has 7 heteroatoms. The normalized spacial score (nSPS) is 10.9. The number of hydrogen-bond acceptors (Lipinski definition) is 4. The zero-order valence-corrected chi connectivity index (χ0v) is 12.1. The maximum atomic E-state index is 12.1. The maximum absolute atomic E-state index is 12.1. The fraction of sp³-hybridized carbons (Fsp3) is 0. The lowest BCUT2D eigenvalue weighted by Crippen LogP contribution is -2.12. The Balaban J connectivity index is 2.37. The molecule has 0 aliphatic rings. The number of hydrogen-bond donors (Lipinski definition) is 1. The summed E-state index contributed by atoms with van der Waals surface area (Å²) in [5.41, 5.74) is 0.571. The van der Waals surface area contributed by atoms with Gasteiger partial charge in [0.25, 0.3) is 10.0 Å². The van der Waals surface area contributed by atoms with Crippen LogP contribution >= 0.6 is 27.3 Å². The van der Waals surface area contributed by atoms with E-state index >= 15 is 0 Å². The van der Waals surface area contributed by atoms with E-state index in [-0.39, 0.29) is 15.5 Å². The van der Waals surface area contributed by atoms with Crippen LogP contribution in [0.3, 0.4) is 0 Å². The number of nitrogens with one attached hydrogen (secondary N) is 1. The molecule has 0 amide bonds. The summed E-state index contributed by atoms with van der Waals surface area (Å²) >= 11 is 4.32. The van der Waals surface area contributed by atoms with Crippen LogP contribution in [0.15, 0.2) is 44.4 Å². The Kier molecular flexibility index (Phi) is 3.71. The molecule has 2 aromatic rings. The van der Waals surface area contributed by atoms with E-state index in [9.17, 15) is 8.42 Å². The summed E-state index contributed by atoms with van der Waals surface area (Å²) in [6.45, 7) is 0. The van der Waals surface area contributed by atoms with Crippen molar-refractivity contribution >= 4 is 43.0 Å². The van der Waals surface area contributed by atoms with Gasteiger partial charge in [-0.3, -0.25) is 4.72 Å². The zero-order chi connectivity index (χ0) is 13.2. The molecule has 1 aromatic carbocycles. The van der Waals surface area contributed by atoms with Crippen LogP contribution in [0, 0.1) is 11.3 Å². The Hall–Kier alpha value is -1.36. The Morgan fingerprint density at radius 2 is 1.94 bits per heavy atom. The summed E-state index contributed by atoms with van der Waals surface area (Å²) in [5.74, 6) is 0. The van der Waals surface area contributed by atoms with Gasteiger partial charge in [-0.05, 0) is 40.2 Å². The standard InChI is InChI=1S/C11H7BrN2O2S2/c12-10-5-6-11(17-10)18(15,16)14-9-4-2-1-3-8(9)7-13/h1-6,14H. The van der Waals surface area contributed by atoms with Gasteiger partial charge in [-0.25, -0.2) is 8.42 Å². The molecule has 0 saturated carbocycles. The highest BCUT2D eigenvalue weighted by molar-refractivity contribution is 9.11. The molecule has 1 N–H and O–H groups in total. The van der Waals surface area contributed by atoms with Crippen molar-refractivity contribution in [2.24, 2.45) is 0 Å². The molecule has 0 atom stereocenters. The van der Waals surface area contributed by atoms with Crippen LogP contribution in [0.2, 0.25) is 0 Å². The van der Waals surface area contributed by atoms with Gasteiger partial charge in [0.05, 0.1) is 15.0 Å². The zero-order valence-electron chi connectivity index (χ0n) is 8.92. The van der Waals surface area contributed by atoms with Crippen LogP contribution in [-0.2, 0) is 10.0 Å². The van der Waals surface area contributed by atoms with E-state index in [4.69, 9.17) is 5.26 Å². The van der Waals surface area contributed by atoms with E-state index in [2.05, 4.69) is 20.7 Å². The molecule has 0 aliphatic carbocycles. The first-order valence-electron chi connectivity index (χ1n) is 4.80. The van der Waals surface area contributed by atoms with Crippen molar-refractivity contribution in [2.75, 3.05) is 4.72 Å². The van der Waals surface area contributed by atoms with E-state index in [0.717, 1.165) is 15.1 Å². The molecule has 1 aromatic heterocycles. The highest BCUT2D eigenvalue weighted by Crippen LogP contribution is 2.28. The first-order chi connectivity index (χ1) is 8.53. The minimum Gasteiger partial charge on any atom is -0.278 e. The molecular formula is C11H7BrN2O2S2. The van der Waals surface area contributed by atoms with E-state index in [0.29, 0.717) is 0 Å². The topological polar surface area (TPSA) is 70.0 Å². The number of anilines is 1. The molecule has 18 heavy (non-hydrogen) atoms. The summed E-state index contributed by atoms with van der Waals surface area (Å²) in [4.78, 5) is 0. The van der Waals surface area contributed by atoms with E-state index in [1.807, 2.05) is 6.07 Å². The van der Waals surface area contributed by atoms with Crippen molar-refractivity contribution in [3.05, 3.63) is 45.7 Å². The fourth-order valence-corrected chi connectivity index (χ4v) is 4.40. The largest absolute Gasteiger partial charge is 0.278 e. The first-order valence-corrected chi connectivity index (χ1v) is 7.89. The van der Waals surface area contributed by atoms with Crippen LogP contribution in [0.25, 0.3) is 0 Å². The minimum atomic E-state index is -3.64. The molecule has 4 nitrogen and oxygen atoms in total. The lowest BCUT2D eigenvalue weighted by atomic mass is 10.2. The highest BCUT2D eigenvalue weighted by Gasteiger charge is 2.17. The van der Waals surface area contributed by atoms with Gasteiger partial charge in [0, 0.05) is 0 Å². The third-order valence-electron chi connectivity index (χ3n) is 2.11. The Morgan fingerprint density at radius 3 is 2.56 bits per heavy atom. The molecule has 0 spiro atoms. The van der Waals surface area contributed by atoms with Crippen LogP contribution in [0.5, 0.6) is 0 Å². The third kappa shape index (κ3) is 2.72. The average Bonchev–Trinajstić information content (AvgIpc) is 2.77. The van der Waals surface area contributed by atoms with Gasteiger partial charge in [0.15, 0.2) is 0 Å². The second kappa shape index (κ2) is 5.10. The Bertz CT molecular complexity index is 717. The van der Waals surface area contributed by atoms with Crippen LogP contribution < -0.4 is 4.72 Å². The number of nitriles is 1. The molecular weight excluding hydrogens is 336 g/mol. The number of nitrogens with zero attached hydrogens (tertiary/aromatic N) is 1. The number of halogens is 1. The average molecular weight is 343 g/mol. The smallest absolute Gasteiger partial charge is 0.271 e. The molecule has 2 rings (SSSR count). The number of para-hydroxylation sites is 1. The van der Waals surface area contributed by atoms with Crippen molar-refractivity contribution in [1.29, 1.82) is 5.26 Å². The fourth-order valence-electron chi connectivity index (χ4n) is 1.31. The minimum absolute atomic E-state index is 0.196. The van der Waals surface area contributed by atoms with Crippen molar-refractivity contribution < 1.29 is 8.42 Å². The van der Waals surface area contributed by atoms with Gasteiger partial charge in [0.1, 0.15) is 10.3 Å². The monoisotopic (exact) mass is 342 g/mol. The van der Waals surface area contributed by atoms with E-state index in [1.54, 1.807) is 30.3 Å². The number of rotatable bonds is 3. The van der Waals surface area contributed by atoms with E-state index < -0.39 is 10.0 Å². The highest BCUT2D eigenvalue weighted by atomic mass is 79.9. The number of benzene rings is 1. The van der Waals surface area contributed by atoms with Crippen molar-refractivity contribution in [3.8, 4) is 6.07 Å². The SMILES string of the molecule is N#Cc1ccccc1NS(=O)(=O)c1ccc(Br)s1. The number of sulfonamides is 1. The summed E-state index contributed by atoms with van der Waals surface area (Å²) < 4.78 is 27.4. The molecule has 92 valence electrons. The molecule has 0 aliphatic heterocycles. The molecule has 0 bridgehead atoms. The van der Waals surface area contributed by atoms with Crippen molar-refractivity contribution in [1.82, 2.24) is 0 Å². The van der Waals surface area contributed by atoms with Gasteiger partial charge in [-0.1, -0.05) is 12.1 Å². The predicted molar refractivity (Wildman–Crippen MR) is 74.0 cm³/mol. The molecule has 0 saturated heterocycles. The summed E-state index contributed by atoms with van der Waals surface area (Å²) in [6.07, 6.45) is 0. The first kappa shape index (κ1) is 13.1. The summed E-state index contributed by atoms with van der Waals surface area (Å²) in [7, 11) is -3.64. The van der Waals surface area contributed by atoms with Crippen LogP contribution in [-0.4, -0.2) is 8.42 Å². The molecule has 0 fully saturated rings. The molecule has 0 radical (unpaired) electrons. The van der Waals surface area contributed by atoms with Gasteiger partial charge in [-0.15, -0.1) is 11.3 Å². The van der Waals surface area contributed by atoms with Gasteiger partial charge < -0.3 is 0 Å². The summed E-state index contributed by atoms with van der Waals surface area (Å²) in [5, 5.41) is 8.90. The maximum Gasteiger partial charge on any atom is 0.271 e. The van der Waals surface area contributed by atoms with Crippen LogP contribution in [0.4, 0.5) is 5.69 Å². The van der Waals surface area contributed by atoms with Crippen molar-refractivity contribution in [2.45, 2.75) is 4.21 Å². The van der Waals surface area contributed by atoms with Gasteiger partial charge in [-0.2, -0.15) is 5.26 Å². The number of thiophene rings is 1. The Morgan fingerprint density at radius 1 is 1.22 bits per heavy atom. The third-order valence-corrected chi connectivity index (χ3v) is 5.59. The van der Waals surface area contributed by atoms with E-state index in [1.165, 1.54) is 6.07 Å². The second-order valence-electron chi connectivity index (χ2n) is 3.32. The van der Waals surface area contributed by atoms with Crippen molar-refractivity contribution in [3.63, 3.8) is 0 Å². The summed E-state index contributed by atoms with van der Waals surface area (Å²) in [6, 6.07) is 11.6. The second-order valence-corrected chi connectivity index (χ2v) is 7.69. The van der Waals surface area contributed by atoms with Gasteiger partial charge >= 0.3 is 0 Å². The lowest BCUT2D eigenvalue weighted by molar-refractivity contribution is 0.603. The predicted octanol–water partition coefficient (Wildman–Crippen LogP) is 3.18. The molecule has 0 unspecified atom stereocenters. The molecule has 1 heterocycles. The lowest BCUT2D eigenvalue weighted by Gasteiger charge is -2.07. The van der Waals surface area contributed by atoms with Gasteiger partial charge in [0.2, 0.25) is 0 Å². The Labute approximate surface area is 117 Å².